The molecule has 0 aliphatic heterocycles. The van der Waals surface area contributed by atoms with Crippen molar-refractivity contribution < 1.29 is 4.79 Å². The first-order valence-corrected chi connectivity index (χ1v) is 9.15. The molecule has 0 aliphatic rings. The van der Waals surface area contributed by atoms with Gasteiger partial charge in [-0.25, -0.2) is 4.68 Å². The minimum atomic E-state index is -0.258. The fourth-order valence-electron chi connectivity index (χ4n) is 3.24. The summed E-state index contributed by atoms with van der Waals surface area (Å²) in [6.45, 7) is 2.22. The molecule has 0 spiro atoms. The quantitative estimate of drug-likeness (QED) is 0.515. The minimum absolute atomic E-state index is 0.0988. The van der Waals surface area contributed by atoms with Gasteiger partial charge in [-0.2, -0.15) is 5.10 Å². The van der Waals surface area contributed by atoms with Gasteiger partial charge in [0, 0.05) is 24.5 Å². The maximum absolute atomic E-state index is 12.5. The molecule has 8 nitrogen and oxygen atoms in total. The fourth-order valence-corrected chi connectivity index (χ4v) is 3.24. The van der Waals surface area contributed by atoms with E-state index in [2.05, 4.69) is 20.6 Å². The Bertz CT molecular complexity index is 1210. The van der Waals surface area contributed by atoms with Crippen molar-refractivity contribution in [3.05, 3.63) is 70.5 Å². The predicted molar refractivity (Wildman–Crippen MR) is 105 cm³/mol. The van der Waals surface area contributed by atoms with Crippen molar-refractivity contribution >= 4 is 22.3 Å². The van der Waals surface area contributed by atoms with E-state index < -0.39 is 0 Å². The van der Waals surface area contributed by atoms with Crippen LogP contribution in [0.1, 0.15) is 17.9 Å². The van der Waals surface area contributed by atoms with Crippen LogP contribution in [-0.4, -0.2) is 36.8 Å². The van der Waals surface area contributed by atoms with Gasteiger partial charge in [0.1, 0.15) is 12.4 Å². The number of hydrogen-bond donors (Lipinski definition) is 1. The van der Waals surface area contributed by atoms with Gasteiger partial charge in [-0.15, -0.1) is 10.2 Å². The molecule has 4 rings (SSSR count). The number of carbonyl (C=O) groups is 1. The van der Waals surface area contributed by atoms with Crippen LogP contribution in [0.3, 0.4) is 0 Å². The third-order valence-electron chi connectivity index (χ3n) is 4.63. The van der Waals surface area contributed by atoms with Crippen LogP contribution < -0.4 is 10.9 Å². The number of aryl methyl sites for hydroxylation is 2. The van der Waals surface area contributed by atoms with Crippen molar-refractivity contribution in [2.45, 2.75) is 26.3 Å². The first kappa shape index (κ1) is 17.8. The van der Waals surface area contributed by atoms with Gasteiger partial charge in [0.25, 0.3) is 5.56 Å². The standard InChI is InChI=1S/C20H20N6O2/c1-14-15-7-2-3-8-16(15)20(28)26(24-14)13-19(27)21-11-6-10-18-23-22-17-9-4-5-12-25(17)18/h2-5,7-9,12H,6,10-11,13H2,1H3,(H,21,27). The van der Waals surface area contributed by atoms with E-state index in [1.807, 2.05) is 53.9 Å². The Kier molecular flexibility index (Phi) is 4.84. The van der Waals surface area contributed by atoms with Gasteiger partial charge in [0.2, 0.25) is 5.91 Å². The van der Waals surface area contributed by atoms with Gasteiger partial charge < -0.3 is 5.32 Å². The van der Waals surface area contributed by atoms with E-state index in [1.165, 1.54) is 4.68 Å². The van der Waals surface area contributed by atoms with Crippen LogP contribution in [0.25, 0.3) is 16.4 Å². The summed E-state index contributed by atoms with van der Waals surface area (Å²) in [6, 6.07) is 13.0. The molecule has 0 unspecified atom stereocenters. The minimum Gasteiger partial charge on any atom is -0.354 e. The van der Waals surface area contributed by atoms with Crippen molar-refractivity contribution in [3.63, 3.8) is 0 Å². The molecule has 4 aromatic rings. The highest BCUT2D eigenvalue weighted by atomic mass is 16.2. The van der Waals surface area contributed by atoms with Crippen LogP contribution >= 0.6 is 0 Å². The van der Waals surface area contributed by atoms with E-state index >= 15 is 0 Å². The zero-order chi connectivity index (χ0) is 19.5. The summed E-state index contributed by atoms with van der Waals surface area (Å²) in [5.41, 5.74) is 1.27. The Morgan fingerprint density at radius 2 is 1.86 bits per heavy atom. The molecule has 0 saturated heterocycles. The lowest BCUT2D eigenvalue weighted by Gasteiger charge is -2.09. The van der Waals surface area contributed by atoms with Gasteiger partial charge in [-0.1, -0.05) is 24.3 Å². The summed E-state index contributed by atoms with van der Waals surface area (Å²) < 4.78 is 3.15. The molecule has 0 bridgehead atoms. The van der Waals surface area contributed by atoms with Gasteiger partial charge in [0.05, 0.1) is 11.1 Å². The summed E-state index contributed by atoms with van der Waals surface area (Å²) in [5.74, 6) is 0.614. The Labute approximate surface area is 160 Å². The summed E-state index contributed by atoms with van der Waals surface area (Å²) >= 11 is 0. The summed E-state index contributed by atoms with van der Waals surface area (Å²) in [4.78, 5) is 24.8. The van der Waals surface area contributed by atoms with E-state index in [0.717, 1.165) is 29.0 Å². The molecule has 8 heteroatoms. The van der Waals surface area contributed by atoms with Crippen LogP contribution in [0.2, 0.25) is 0 Å². The van der Waals surface area contributed by atoms with Crippen LogP contribution in [0.15, 0.2) is 53.5 Å². The number of carbonyl (C=O) groups excluding carboxylic acids is 1. The molecular weight excluding hydrogens is 356 g/mol. The number of aromatic nitrogens is 5. The molecule has 0 atom stereocenters. The Morgan fingerprint density at radius 3 is 2.71 bits per heavy atom. The molecular formula is C20H20N6O2. The summed E-state index contributed by atoms with van der Waals surface area (Å²) in [7, 11) is 0. The average Bonchev–Trinajstić information content (AvgIpc) is 3.12. The lowest BCUT2D eigenvalue weighted by molar-refractivity contribution is -0.121. The van der Waals surface area contributed by atoms with Gasteiger partial charge in [-0.05, 0) is 31.5 Å². The molecule has 1 amide bonds. The fraction of sp³-hybridized carbons (Fsp3) is 0.250. The third kappa shape index (κ3) is 3.48. The molecule has 28 heavy (non-hydrogen) atoms. The lowest BCUT2D eigenvalue weighted by Crippen LogP contribution is -2.34. The predicted octanol–water partition coefficient (Wildman–Crippen LogP) is 1.50. The average molecular weight is 376 g/mol. The van der Waals surface area contributed by atoms with Crippen molar-refractivity contribution in [3.8, 4) is 0 Å². The molecule has 3 heterocycles. The second-order valence-corrected chi connectivity index (χ2v) is 6.59. The second-order valence-electron chi connectivity index (χ2n) is 6.59. The van der Waals surface area contributed by atoms with E-state index in [9.17, 15) is 9.59 Å². The highest BCUT2D eigenvalue weighted by Crippen LogP contribution is 2.11. The first-order chi connectivity index (χ1) is 13.6. The lowest BCUT2D eigenvalue weighted by atomic mass is 10.1. The van der Waals surface area contributed by atoms with Crippen molar-refractivity contribution in [2.75, 3.05) is 6.54 Å². The highest BCUT2D eigenvalue weighted by molar-refractivity contribution is 5.83. The van der Waals surface area contributed by atoms with Gasteiger partial charge >= 0.3 is 0 Å². The number of fused-ring (bicyclic) bond motifs is 2. The molecule has 0 saturated carbocycles. The van der Waals surface area contributed by atoms with Crippen molar-refractivity contribution in [1.29, 1.82) is 0 Å². The number of nitrogens with one attached hydrogen (secondary N) is 1. The molecule has 142 valence electrons. The normalized spacial score (nSPS) is 11.2. The number of amides is 1. The van der Waals surface area contributed by atoms with E-state index in [-0.39, 0.29) is 18.0 Å². The van der Waals surface area contributed by atoms with Crippen molar-refractivity contribution in [1.82, 2.24) is 29.7 Å². The zero-order valence-electron chi connectivity index (χ0n) is 15.5. The SMILES string of the molecule is Cc1nn(CC(=O)NCCCc2nnc3ccccn23)c(=O)c2ccccc12. The summed E-state index contributed by atoms with van der Waals surface area (Å²) in [5, 5.41) is 16.8. The van der Waals surface area contributed by atoms with E-state index in [0.29, 0.717) is 18.4 Å². The van der Waals surface area contributed by atoms with Gasteiger partial charge in [0.15, 0.2) is 5.65 Å². The molecule has 0 radical (unpaired) electrons. The largest absolute Gasteiger partial charge is 0.354 e. The number of pyridine rings is 1. The number of benzene rings is 1. The third-order valence-corrected chi connectivity index (χ3v) is 4.63. The molecule has 1 N–H and O–H groups in total. The smallest absolute Gasteiger partial charge is 0.275 e. The molecule has 1 aromatic carbocycles. The Hall–Kier alpha value is -3.55. The Morgan fingerprint density at radius 1 is 1.07 bits per heavy atom. The Balaban J connectivity index is 1.35. The highest BCUT2D eigenvalue weighted by Gasteiger charge is 2.11. The van der Waals surface area contributed by atoms with E-state index in [4.69, 9.17) is 0 Å². The van der Waals surface area contributed by atoms with Crippen LogP contribution in [-0.2, 0) is 17.8 Å². The van der Waals surface area contributed by atoms with Gasteiger partial charge in [-0.3, -0.25) is 14.0 Å². The molecule has 3 aromatic heterocycles. The van der Waals surface area contributed by atoms with E-state index in [1.54, 1.807) is 6.07 Å². The maximum Gasteiger partial charge on any atom is 0.275 e. The summed E-state index contributed by atoms with van der Waals surface area (Å²) in [6.07, 6.45) is 3.34. The second kappa shape index (κ2) is 7.59. The molecule has 0 fully saturated rings. The first-order valence-electron chi connectivity index (χ1n) is 9.15. The number of nitrogens with zero attached hydrogens (tertiary/aromatic N) is 5. The monoisotopic (exact) mass is 376 g/mol. The van der Waals surface area contributed by atoms with Crippen LogP contribution in [0.5, 0.6) is 0 Å². The van der Waals surface area contributed by atoms with Crippen LogP contribution in [0.4, 0.5) is 0 Å². The topological polar surface area (TPSA) is 94.2 Å². The van der Waals surface area contributed by atoms with Crippen molar-refractivity contribution in [2.24, 2.45) is 0 Å². The van der Waals surface area contributed by atoms with Crippen LogP contribution in [0, 0.1) is 6.92 Å². The maximum atomic E-state index is 12.5. The molecule has 0 aliphatic carbocycles. The zero-order valence-corrected chi connectivity index (χ0v) is 15.5. The number of hydrogen-bond acceptors (Lipinski definition) is 5. The number of rotatable bonds is 6.